The molecule has 0 spiro atoms. The van der Waals surface area contributed by atoms with Crippen LogP contribution in [0.1, 0.15) is 39.5 Å². The molecule has 5 nitrogen and oxygen atoms in total. The molecule has 2 atom stereocenters. The fourth-order valence-corrected chi connectivity index (χ4v) is 4.67. The van der Waals surface area contributed by atoms with Crippen molar-refractivity contribution >= 4 is 28.1 Å². The number of carbonyl (C=O) groups is 1. The maximum atomic E-state index is 11.3. The second kappa shape index (κ2) is 8.00. The van der Waals surface area contributed by atoms with Crippen LogP contribution in [-0.2, 0) is 9.53 Å². The first-order chi connectivity index (χ1) is 13.5. The molecule has 5 heteroatoms. The predicted molar refractivity (Wildman–Crippen MR) is 115 cm³/mol. The van der Waals surface area contributed by atoms with Gasteiger partial charge in [-0.15, -0.1) is 0 Å². The van der Waals surface area contributed by atoms with E-state index in [9.17, 15) is 4.79 Å². The van der Waals surface area contributed by atoms with Crippen molar-refractivity contribution in [2.45, 2.75) is 57.8 Å². The minimum Gasteiger partial charge on any atom is -0.382 e. The van der Waals surface area contributed by atoms with E-state index in [1.54, 1.807) is 0 Å². The maximum Gasteiger partial charge on any atom is 0.220 e. The Hall–Kier alpha value is -2.27. The second-order valence-electron chi connectivity index (χ2n) is 8.50. The van der Waals surface area contributed by atoms with Crippen LogP contribution in [0.15, 0.2) is 36.4 Å². The molecule has 1 aliphatic heterocycles. The fraction of sp³-hybridized carbons (Fsp3) is 0.522. The number of hydrogen-bond acceptors (Lipinski definition) is 4. The number of carbonyl (C=O) groups excluding carboxylic acids is 1. The fourth-order valence-electron chi connectivity index (χ4n) is 4.67. The smallest absolute Gasteiger partial charge is 0.220 e. The number of nitrogens with two attached hydrogens (primary N) is 1. The van der Waals surface area contributed by atoms with Crippen LogP contribution in [0, 0.1) is 5.92 Å². The predicted octanol–water partition coefficient (Wildman–Crippen LogP) is 3.91. The average molecular weight is 382 g/mol. The number of ether oxygens (including phenoxy) is 1. The molecule has 1 amide bonds. The summed E-state index contributed by atoms with van der Waals surface area (Å²) < 4.78 is 5.86. The largest absolute Gasteiger partial charge is 0.382 e. The zero-order chi connectivity index (χ0) is 19.7. The van der Waals surface area contributed by atoms with E-state index in [0.717, 1.165) is 44.5 Å². The topological polar surface area (TPSA) is 67.6 Å². The number of anilines is 2. The van der Waals surface area contributed by atoms with E-state index in [1.165, 1.54) is 16.5 Å². The number of fused-ring (bicyclic) bond motifs is 1. The monoisotopic (exact) mass is 381 g/mol. The molecule has 150 valence electrons. The van der Waals surface area contributed by atoms with Crippen LogP contribution < -0.4 is 16.0 Å². The molecule has 2 aliphatic rings. The van der Waals surface area contributed by atoms with Gasteiger partial charge in [-0.05, 0) is 74.6 Å². The van der Waals surface area contributed by atoms with Crippen molar-refractivity contribution in [2.24, 2.45) is 11.7 Å². The molecule has 0 bridgehead atoms. The Morgan fingerprint density at radius 1 is 1.00 bits per heavy atom. The number of morpholine rings is 1. The number of amides is 1. The van der Waals surface area contributed by atoms with E-state index in [4.69, 9.17) is 10.5 Å². The number of hydrogen-bond donors (Lipinski definition) is 2. The first-order valence-electron chi connectivity index (χ1n) is 10.5. The Morgan fingerprint density at radius 3 is 2.32 bits per heavy atom. The van der Waals surface area contributed by atoms with Crippen LogP contribution in [0.4, 0.5) is 11.4 Å². The summed E-state index contributed by atoms with van der Waals surface area (Å²) in [6.45, 7) is 6.14. The highest BCUT2D eigenvalue weighted by Crippen LogP contribution is 2.30. The maximum absolute atomic E-state index is 11.3. The summed E-state index contributed by atoms with van der Waals surface area (Å²) in [6.07, 6.45) is 4.29. The van der Waals surface area contributed by atoms with Crippen molar-refractivity contribution in [2.75, 3.05) is 23.3 Å². The van der Waals surface area contributed by atoms with Crippen molar-refractivity contribution in [3.63, 3.8) is 0 Å². The summed E-state index contributed by atoms with van der Waals surface area (Å²) in [5, 5.41) is 6.14. The highest BCUT2D eigenvalue weighted by Gasteiger charge is 2.25. The van der Waals surface area contributed by atoms with Crippen LogP contribution in [0.3, 0.4) is 0 Å². The van der Waals surface area contributed by atoms with Gasteiger partial charge in [0.05, 0.1) is 12.2 Å². The number of rotatable bonds is 4. The number of nitrogens with zero attached hydrogens (tertiary/aromatic N) is 1. The zero-order valence-electron chi connectivity index (χ0n) is 16.9. The summed E-state index contributed by atoms with van der Waals surface area (Å²) in [5.74, 6) is -0.0947. The lowest BCUT2D eigenvalue weighted by molar-refractivity contribution is -0.122. The van der Waals surface area contributed by atoms with Crippen LogP contribution in [0.2, 0.25) is 0 Å². The standard InChI is InChI=1S/C23H31N3O2/c1-15-13-26(14-16(2)28-15)22-10-6-18-11-21(9-5-19(18)12-22)25-20-7-3-17(4-8-20)23(24)27/h5-6,9-12,15-17,20,25H,3-4,7-8,13-14H2,1-2H3,(H2,24,27)/t15?,16?,17-,20+. The van der Waals surface area contributed by atoms with Gasteiger partial charge in [0.15, 0.2) is 0 Å². The second-order valence-corrected chi connectivity index (χ2v) is 8.50. The SMILES string of the molecule is CC1CN(c2ccc3cc(N[C@H]4CC[C@@H](C(N)=O)CC4)ccc3c2)CC(C)O1. The van der Waals surface area contributed by atoms with Gasteiger partial charge in [-0.2, -0.15) is 0 Å². The lowest BCUT2D eigenvalue weighted by Crippen LogP contribution is -2.45. The minimum atomic E-state index is -0.149. The molecule has 2 unspecified atom stereocenters. The van der Waals surface area contributed by atoms with Gasteiger partial charge in [0.25, 0.3) is 0 Å². The van der Waals surface area contributed by atoms with E-state index in [2.05, 4.69) is 60.5 Å². The van der Waals surface area contributed by atoms with E-state index in [0.29, 0.717) is 6.04 Å². The number of primary amides is 1. The van der Waals surface area contributed by atoms with Gasteiger partial charge in [-0.3, -0.25) is 4.79 Å². The lowest BCUT2D eigenvalue weighted by atomic mass is 9.85. The molecular weight excluding hydrogens is 350 g/mol. The molecule has 1 saturated carbocycles. The summed E-state index contributed by atoms with van der Waals surface area (Å²) in [4.78, 5) is 13.8. The molecule has 4 rings (SSSR count). The highest BCUT2D eigenvalue weighted by atomic mass is 16.5. The summed E-state index contributed by atoms with van der Waals surface area (Å²) in [5.41, 5.74) is 7.85. The molecular formula is C23H31N3O2. The third-order valence-electron chi connectivity index (χ3n) is 6.11. The van der Waals surface area contributed by atoms with Gasteiger partial charge in [0.1, 0.15) is 0 Å². The van der Waals surface area contributed by atoms with E-state index in [-0.39, 0.29) is 24.0 Å². The van der Waals surface area contributed by atoms with Gasteiger partial charge >= 0.3 is 0 Å². The molecule has 28 heavy (non-hydrogen) atoms. The van der Waals surface area contributed by atoms with Crippen molar-refractivity contribution in [3.8, 4) is 0 Å². The summed E-state index contributed by atoms with van der Waals surface area (Å²) >= 11 is 0. The molecule has 2 aromatic carbocycles. The van der Waals surface area contributed by atoms with Crippen molar-refractivity contribution < 1.29 is 9.53 Å². The van der Waals surface area contributed by atoms with Crippen LogP contribution in [-0.4, -0.2) is 37.2 Å². The third kappa shape index (κ3) is 4.25. The molecule has 0 radical (unpaired) electrons. The first kappa shape index (κ1) is 19.1. The quantitative estimate of drug-likeness (QED) is 0.843. The molecule has 1 heterocycles. The Kier molecular flexibility index (Phi) is 5.44. The molecule has 1 saturated heterocycles. The molecule has 0 aromatic heterocycles. The molecule has 3 N–H and O–H groups in total. The number of nitrogens with one attached hydrogen (secondary N) is 1. The van der Waals surface area contributed by atoms with Crippen molar-refractivity contribution in [1.29, 1.82) is 0 Å². The Balaban J connectivity index is 1.44. The minimum absolute atomic E-state index is 0.0544. The van der Waals surface area contributed by atoms with Crippen LogP contribution in [0.5, 0.6) is 0 Å². The Bertz CT molecular complexity index is 835. The normalized spacial score (nSPS) is 28.3. The van der Waals surface area contributed by atoms with Gasteiger partial charge in [-0.1, -0.05) is 12.1 Å². The lowest BCUT2D eigenvalue weighted by Gasteiger charge is -2.37. The van der Waals surface area contributed by atoms with Gasteiger partial charge < -0.3 is 20.7 Å². The van der Waals surface area contributed by atoms with E-state index >= 15 is 0 Å². The van der Waals surface area contributed by atoms with E-state index in [1.807, 2.05) is 0 Å². The zero-order valence-corrected chi connectivity index (χ0v) is 16.9. The van der Waals surface area contributed by atoms with Gasteiger partial charge in [0.2, 0.25) is 5.91 Å². The Morgan fingerprint density at radius 2 is 1.64 bits per heavy atom. The molecule has 2 fully saturated rings. The summed E-state index contributed by atoms with van der Waals surface area (Å²) in [7, 11) is 0. The van der Waals surface area contributed by atoms with Crippen LogP contribution >= 0.6 is 0 Å². The highest BCUT2D eigenvalue weighted by molar-refractivity contribution is 5.88. The third-order valence-corrected chi connectivity index (χ3v) is 6.11. The van der Waals surface area contributed by atoms with Crippen LogP contribution in [0.25, 0.3) is 10.8 Å². The van der Waals surface area contributed by atoms with E-state index < -0.39 is 0 Å². The molecule has 1 aliphatic carbocycles. The van der Waals surface area contributed by atoms with Gasteiger partial charge in [0, 0.05) is 36.4 Å². The number of benzene rings is 2. The Labute approximate surface area is 167 Å². The average Bonchev–Trinajstić information content (AvgIpc) is 2.67. The van der Waals surface area contributed by atoms with Gasteiger partial charge in [-0.25, -0.2) is 0 Å². The van der Waals surface area contributed by atoms with Crippen molar-refractivity contribution in [3.05, 3.63) is 36.4 Å². The molecule has 2 aromatic rings. The first-order valence-corrected chi connectivity index (χ1v) is 10.5. The summed E-state index contributed by atoms with van der Waals surface area (Å²) in [6, 6.07) is 13.7. The van der Waals surface area contributed by atoms with Crippen molar-refractivity contribution in [1.82, 2.24) is 0 Å².